The van der Waals surface area contributed by atoms with Crippen molar-refractivity contribution in [3.05, 3.63) is 35.4 Å². The van der Waals surface area contributed by atoms with Crippen LogP contribution in [0.5, 0.6) is 0 Å². The second-order valence-corrected chi connectivity index (χ2v) is 4.45. The van der Waals surface area contributed by atoms with Crippen LogP contribution in [-0.4, -0.2) is 12.5 Å². The molecule has 0 bridgehead atoms. The van der Waals surface area contributed by atoms with Gasteiger partial charge in [-0.2, -0.15) is 0 Å². The van der Waals surface area contributed by atoms with Crippen LogP contribution in [0.4, 0.5) is 8.78 Å². The molecular formula is C13H17F2NO. The van der Waals surface area contributed by atoms with Gasteiger partial charge in [0.2, 0.25) is 0 Å². The summed E-state index contributed by atoms with van der Waals surface area (Å²) < 4.78 is 25.7. The van der Waals surface area contributed by atoms with Gasteiger partial charge >= 0.3 is 0 Å². The highest BCUT2D eigenvalue weighted by molar-refractivity contribution is 5.94. The van der Waals surface area contributed by atoms with Crippen molar-refractivity contribution < 1.29 is 13.6 Å². The number of benzene rings is 1. The summed E-state index contributed by atoms with van der Waals surface area (Å²) in [6.45, 7) is 4.72. The van der Waals surface area contributed by atoms with E-state index in [4.69, 9.17) is 0 Å². The van der Waals surface area contributed by atoms with Crippen LogP contribution in [0.2, 0.25) is 0 Å². The highest BCUT2D eigenvalue weighted by Crippen LogP contribution is 2.08. The summed E-state index contributed by atoms with van der Waals surface area (Å²) in [4.78, 5) is 11.5. The molecule has 2 nitrogen and oxygen atoms in total. The molecule has 94 valence electrons. The molecule has 1 aromatic rings. The van der Waals surface area contributed by atoms with Crippen LogP contribution in [0.1, 0.15) is 37.0 Å². The van der Waals surface area contributed by atoms with Crippen LogP contribution < -0.4 is 5.32 Å². The summed E-state index contributed by atoms with van der Waals surface area (Å²) in [5, 5.41) is 2.64. The van der Waals surface area contributed by atoms with Crippen molar-refractivity contribution in [2.75, 3.05) is 6.54 Å². The average molecular weight is 241 g/mol. The number of carbonyl (C=O) groups is 1. The number of halogens is 2. The Labute approximate surface area is 100 Å². The number of rotatable bonds is 5. The minimum atomic E-state index is -0.739. The number of hydrogen-bond acceptors (Lipinski definition) is 1. The van der Waals surface area contributed by atoms with Gasteiger partial charge in [0.05, 0.1) is 0 Å². The molecule has 1 N–H and O–H groups in total. The van der Waals surface area contributed by atoms with Gasteiger partial charge in [-0.1, -0.05) is 13.8 Å². The van der Waals surface area contributed by atoms with Crippen LogP contribution in [0, 0.1) is 17.6 Å². The second-order valence-electron chi connectivity index (χ2n) is 4.45. The number of nitrogens with one attached hydrogen (secondary N) is 1. The van der Waals surface area contributed by atoms with Crippen LogP contribution in [0.3, 0.4) is 0 Å². The molecule has 1 aromatic carbocycles. The molecule has 0 aromatic heterocycles. The van der Waals surface area contributed by atoms with E-state index in [0.29, 0.717) is 12.5 Å². The Balaban J connectivity index is 2.47. The molecular weight excluding hydrogens is 224 g/mol. The molecule has 1 rings (SSSR count). The van der Waals surface area contributed by atoms with Crippen LogP contribution >= 0.6 is 0 Å². The predicted molar refractivity (Wildman–Crippen MR) is 62.8 cm³/mol. The average Bonchev–Trinajstić information content (AvgIpc) is 2.22. The lowest BCUT2D eigenvalue weighted by molar-refractivity contribution is 0.0951. The quantitative estimate of drug-likeness (QED) is 0.788. The molecule has 4 heteroatoms. The fourth-order valence-corrected chi connectivity index (χ4v) is 1.50. The van der Waals surface area contributed by atoms with E-state index < -0.39 is 17.5 Å². The minimum absolute atomic E-state index is 0.0204. The Hall–Kier alpha value is -1.45. The Morgan fingerprint density at radius 1 is 1.24 bits per heavy atom. The van der Waals surface area contributed by atoms with Gasteiger partial charge in [0.25, 0.3) is 5.91 Å². The van der Waals surface area contributed by atoms with E-state index in [1.54, 1.807) is 0 Å². The highest BCUT2D eigenvalue weighted by atomic mass is 19.1. The van der Waals surface area contributed by atoms with Crippen molar-refractivity contribution in [3.8, 4) is 0 Å². The second kappa shape index (κ2) is 6.33. The summed E-state index contributed by atoms with van der Waals surface area (Å²) in [6.07, 6.45) is 1.87. The van der Waals surface area contributed by atoms with Crippen molar-refractivity contribution in [3.63, 3.8) is 0 Å². The number of carbonyl (C=O) groups excluding carboxylic acids is 1. The van der Waals surface area contributed by atoms with E-state index in [2.05, 4.69) is 19.2 Å². The Kier molecular flexibility index (Phi) is 5.07. The van der Waals surface area contributed by atoms with Crippen molar-refractivity contribution in [1.82, 2.24) is 5.32 Å². The molecule has 0 unspecified atom stereocenters. The largest absolute Gasteiger partial charge is 0.352 e. The van der Waals surface area contributed by atoms with Crippen molar-refractivity contribution in [2.24, 2.45) is 5.92 Å². The van der Waals surface area contributed by atoms with Crippen LogP contribution in [0.15, 0.2) is 18.2 Å². The van der Waals surface area contributed by atoms with Gasteiger partial charge < -0.3 is 5.32 Å². The first-order valence-corrected chi connectivity index (χ1v) is 5.73. The zero-order chi connectivity index (χ0) is 12.8. The SMILES string of the molecule is CC(C)CCCNC(=O)c1cc(F)cc(F)c1. The zero-order valence-electron chi connectivity index (χ0n) is 10.1. The summed E-state index contributed by atoms with van der Waals surface area (Å²) in [6, 6.07) is 2.80. The first-order chi connectivity index (χ1) is 7.99. The molecule has 0 fully saturated rings. The van der Waals surface area contributed by atoms with E-state index in [1.807, 2.05) is 0 Å². The molecule has 0 aliphatic rings. The highest BCUT2D eigenvalue weighted by Gasteiger charge is 2.08. The van der Waals surface area contributed by atoms with Crippen molar-refractivity contribution >= 4 is 5.91 Å². The van der Waals surface area contributed by atoms with Crippen LogP contribution in [-0.2, 0) is 0 Å². The standard InChI is InChI=1S/C13H17F2NO/c1-9(2)4-3-5-16-13(17)10-6-11(14)8-12(15)7-10/h6-9H,3-5H2,1-2H3,(H,16,17). The molecule has 0 aliphatic heterocycles. The van der Waals surface area contributed by atoms with Crippen molar-refractivity contribution in [1.29, 1.82) is 0 Å². The van der Waals surface area contributed by atoms with E-state index in [1.165, 1.54) is 0 Å². The number of amides is 1. The van der Waals surface area contributed by atoms with E-state index in [0.717, 1.165) is 31.0 Å². The first kappa shape index (κ1) is 13.6. The van der Waals surface area contributed by atoms with Gasteiger partial charge in [-0.3, -0.25) is 4.79 Å². The normalized spacial score (nSPS) is 10.6. The van der Waals surface area contributed by atoms with Gasteiger partial charge in [-0.15, -0.1) is 0 Å². The lowest BCUT2D eigenvalue weighted by Crippen LogP contribution is -2.24. The summed E-state index contributed by atoms with van der Waals surface area (Å²) in [5.74, 6) is -1.33. The summed E-state index contributed by atoms with van der Waals surface area (Å²) in [7, 11) is 0. The molecule has 0 saturated heterocycles. The van der Waals surface area contributed by atoms with E-state index >= 15 is 0 Å². The fourth-order valence-electron chi connectivity index (χ4n) is 1.50. The van der Waals surface area contributed by atoms with E-state index in [-0.39, 0.29) is 5.56 Å². The molecule has 0 radical (unpaired) electrons. The third-order valence-electron chi connectivity index (χ3n) is 2.37. The molecule has 0 aliphatic carbocycles. The maximum Gasteiger partial charge on any atom is 0.251 e. The molecule has 0 saturated carbocycles. The van der Waals surface area contributed by atoms with Gasteiger partial charge in [-0.05, 0) is 30.9 Å². The summed E-state index contributed by atoms with van der Waals surface area (Å²) >= 11 is 0. The lowest BCUT2D eigenvalue weighted by Gasteiger charge is -2.07. The first-order valence-electron chi connectivity index (χ1n) is 5.73. The minimum Gasteiger partial charge on any atom is -0.352 e. The third kappa shape index (κ3) is 4.93. The Morgan fingerprint density at radius 3 is 2.35 bits per heavy atom. The number of hydrogen-bond donors (Lipinski definition) is 1. The molecule has 0 atom stereocenters. The zero-order valence-corrected chi connectivity index (χ0v) is 10.1. The maximum absolute atomic E-state index is 12.9. The Bertz CT molecular complexity index is 371. The monoisotopic (exact) mass is 241 g/mol. The smallest absolute Gasteiger partial charge is 0.251 e. The predicted octanol–water partition coefficient (Wildman–Crippen LogP) is 3.13. The topological polar surface area (TPSA) is 29.1 Å². The molecule has 0 spiro atoms. The molecule has 1 amide bonds. The van der Waals surface area contributed by atoms with Gasteiger partial charge in [0.1, 0.15) is 11.6 Å². The molecule has 0 heterocycles. The van der Waals surface area contributed by atoms with E-state index in [9.17, 15) is 13.6 Å². The summed E-state index contributed by atoms with van der Waals surface area (Å²) in [5.41, 5.74) is 0.0204. The Morgan fingerprint density at radius 2 is 1.82 bits per heavy atom. The van der Waals surface area contributed by atoms with Gasteiger partial charge in [0, 0.05) is 18.2 Å². The fraction of sp³-hybridized carbons (Fsp3) is 0.462. The van der Waals surface area contributed by atoms with Crippen molar-refractivity contribution in [2.45, 2.75) is 26.7 Å². The molecule has 17 heavy (non-hydrogen) atoms. The van der Waals surface area contributed by atoms with Gasteiger partial charge in [-0.25, -0.2) is 8.78 Å². The van der Waals surface area contributed by atoms with Crippen LogP contribution in [0.25, 0.3) is 0 Å². The maximum atomic E-state index is 12.9. The lowest BCUT2D eigenvalue weighted by atomic mass is 10.1. The third-order valence-corrected chi connectivity index (χ3v) is 2.37. The van der Waals surface area contributed by atoms with Gasteiger partial charge in [0.15, 0.2) is 0 Å².